The zero-order chi connectivity index (χ0) is 21.3. The minimum absolute atomic E-state index is 0.131. The van der Waals surface area contributed by atoms with Gasteiger partial charge in [0.2, 0.25) is 0 Å². The summed E-state index contributed by atoms with van der Waals surface area (Å²) in [6.45, 7) is -1.13. The van der Waals surface area contributed by atoms with E-state index < -0.39 is 47.7 Å². The number of methoxy groups -OCH3 is 1. The summed E-state index contributed by atoms with van der Waals surface area (Å²) in [7, 11) is 1.05. The van der Waals surface area contributed by atoms with E-state index in [9.17, 15) is 41.7 Å². The second-order valence-electron chi connectivity index (χ2n) is 5.80. The van der Waals surface area contributed by atoms with Crippen LogP contribution >= 0.6 is 0 Å². The molecular formula is C15H14F5N3O5. The molecule has 154 valence electrons. The molecule has 1 aliphatic rings. The Morgan fingerprint density at radius 2 is 1.68 bits per heavy atom. The summed E-state index contributed by atoms with van der Waals surface area (Å²) in [4.78, 5) is 35.3. The molecule has 1 aromatic carbocycles. The van der Waals surface area contributed by atoms with Gasteiger partial charge in [-0.3, -0.25) is 14.9 Å². The van der Waals surface area contributed by atoms with E-state index in [0.717, 1.165) is 19.2 Å². The molecule has 1 aromatic rings. The van der Waals surface area contributed by atoms with Crippen molar-refractivity contribution in [3.05, 3.63) is 33.9 Å². The highest BCUT2D eigenvalue weighted by molar-refractivity contribution is 5.94. The number of hydrogen-bond acceptors (Lipinski definition) is 6. The highest BCUT2D eigenvalue weighted by Crippen LogP contribution is 2.37. The number of carbonyl (C=O) groups is 2. The molecule has 0 unspecified atom stereocenters. The number of nitrogens with zero attached hydrogens (tertiary/aromatic N) is 3. The van der Waals surface area contributed by atoms with E-state index in [4.69, 9.17) is 0 Å². The molecule has 28 heavy (non-hydrogen) atoms. The normalized spacial score (nSPS) is 15.4. The van der Waals surface area contributed by atoms with Crippen molar-refractivity contribution in [1.82, 2.24) is 4.90 Å². The number of rotatable bonds is 4. The standard InChI is InChI=1S/C15H14F5N3O5/c1-28-12(24)10-3-2-9(8-11(10)23(26)27)21-4-6-22(7-5-21)13(25)14(16,17)15(18,19)20/h2-3,8H,4-7H2,1H3. The Kier molecular flexibility index (Phi) is 5.75. The third-order valence-electron chi connectivity index (χ3n) is 4.14. The summed E-state index contributed by atoms with van der Waals surface area (Å²) in [6, 6.07) is 3.56. The van der Waals surface area contributed by atoms with Crippen LogP contribution in [0.2, 0.25) is 0 Å². The van der Waals surface area contributed by atoms with E-state index in [2.05, 4.69) is 4.74 Å². The SMILES string of the molecule is COC(=O)c1ccc(N2CCN(C(=O)C(F)(F)C(F)(F)F)CC2)cc1[N+](=O)[O-]. The molecule has 1 fully saturated rings. The van der Waals surface area contributed by atoms with Crippen molar-refractivity contribution in [2.24, 2.45) is 0 Å². The van der Waals surface area contributed by atoms with Gasteiger partial charge >= 0.3 is 24.0 Å². The van der Waals surface area contributed by atoms with Crippen LogP contribution in [0, 0.1) is 10.1 Å². The third kappa shape index (κ3) is 3.97. The number of piperazine rings is 1. The fourth-order valence-electron chi connectivity index (χ4n) is 2.64. The third-order valence-corrected chi connectivity index (χ3v) is 4.14. The van der Waals surface area contributed by atoms with Gasteiger partial charge in [0.25, 0.3) is 5.69 Å². The Labute approximate surface area is 154 Å². The van der Waals surface area contributed by atoms with Crippen LogP contribution in [0.3, 0.4) is 0 Å². The van der Waals surface area contributed by atoms with E-state index in [1.165, 1.54) is 11.0 Å². The van der Waals surface area contributed by atoms with Gasteiger partial charge < -0.3 is 14.5 Å². The molecule has 0 spiro atoms. The maximum Gasteiger partial charge on any atom is 0.463 e. The van der Waals surface area contributed by atoms with Crippen molar-refractivity contribution in [3.8, 4) is 0 Å². The summed E-state index contributed by atoms with van der Waals surface area (Å²) < 4.78 is 67.8. The topological polar surface area (TPSA) is 93.0 Å². The van der Waals surface area contributed by atoms with Crippen molar-refractivity contribution in [2.45, 2.75) is 12.1 Å². The first-order chi connectivity index (χ1) is 12.9. The van der Waals surface area contributed by atoms with Crippen LogP contribution in [0.5, 0.6) is 0 Å². The van der Waals surface area contributed by atoms with Crippen LogP contribution < -0.4 is 4.90 Å². The number of carbonyl (C=O) groups excluding carboxylic acids is 2. The van der Waals surface area contributed by atoms with Crippen molar-refractivity contribution < 1.29 is 41.2 Å². The number of anilines is 1. The van der Waals surface area contributed by atoms with Crippen LogP contribution in [-0.2, 0) is 9.53 Å². The number of nitro benzene ring substituents is 1. The van der Waals surface area contributed by atoms with Crippen LogP contribution in [0.1, 0.15) is 10.4 Å². The summed E-state index contributed by atoms with van der Waals surface area (Å²) in [6.07, 6.45) is -5.99. The van der Waals surface area contributed by atoms with Gasteiger partial charge in [0, 0.05) is 37.9 Å². The van der Waals surface area contributed by atoms with Crippen molar-refractivity contribution in [2.75, 3.05) is 38.2 Å². The summed E-state index contributed by atoms with van der Waals surface area (Å²) in [5.41, 5.74) is -0.602. The average Bonchev–Trinajstić information content (AvgIpc) is 2.65. The van der Waals surface area contributed by atoms with Crippen LogP contribution in [0.15, 0.2) is 18.2 Å². The Bertz CT molecular complexity index is 791. The number of esters is 1. The van der Waals surface area contributed by atoms with Gasteiger partial charge in [-0.25, -0.2) is 4.79 Å². The first-order valence-corrected chi connectivity index (χ1v) is 7.75. The zero-order valence-corrected chi connectivity index (χ0v) is 14.3. The molecule has 1 saturated heterocycles. The number of benzene rings is 1. The number of alkyl halides is 5. The van der Waals surface area contributed by atoms with Gasteiger partial charge in [-0.1, -0.05) is 0 Å². The van der Waals surface area contributed by atoms with Gasteiger partial charge in [-0.05, 0) is 12.1 Å². The number of halogens is 5. The zero-order valence-electron chi connectivity index (χ0n) is 14.3. The number of ether oxygens (including phenoxy) is 1. The van der Waals surface area contributed by atoms with Gasteiger partial charge in [0.05, 0.1) is 12.0 Å². The number of hydrogen-bond donors (Lipinski definition) is 0. The fraction of sp³-hybridized carbons (Fsp3) is 0.467. The molecule has 1 aliphatic heterocycles. The summed E-state index contributed by atoms with van der Waals surface area (Å²) in [5.74, 6) is -8.76. The molecule has 0 N–H and O–H groups in total. The quantitative estimate of drug-likeness (QED) is 0.327. The lowest BCUT2D eigenvalue weighted by Gasteiger charge is -2.37. The largest absolute Gasteiger partial charge is 0.465 e. The van der Waals surface area contributed by atoms with Gasteiger partial charge in [0.15, 0.2) is 0 Å². The molecule has 2 rings (SSSR count). The maximum absolute atomic E-state index is 13.2. The number of nitro groups is 1. The fourth-order valence-corrected chi connectivity index (χ4v) is 2.64. The highest BCUT2D eigenvalue weighted by Gasteiger charge is 2.64. The second-order valence-corrected chi connectivity index (χ2v) is 5.80. The first-order valence-electron chi connectivity index (χ1n) is 7.75. The smallest absolute Gasteiger partial charge is 0.463 e. The minimum atomic E-state index is -5.99. The molecule has 1 amide bonds. The first kappa shape index (κ1) is 21.3. The Hall–Kier alpha value is -2.99. The van der Waals surface area contributed by atoms with Gasteiger partial charge in [-0.2, -0.15) is 22.0 Å². The van der Waals surface area contributed by atoms with Crippen molar-refractivity contribution in [1.29, 1.82) is 0 Å². The molecule has 1 heterocycles. The molecule has 0 aliphatic carbocycles. The molecule has 0 bridgehead atoms. The van der Waals surface area contributed by atoms with Crippen LogP contribution in [-0.4, -0.2) is 67.1 Å². The van der Waals surface area contributed by atoms with E-state index in [0.29, 0.717) is 4.90 Å². The lowest BCUT2D eigenvalue weighted by Crippen LogP contribution is -2.57. The Balaban J connectivity index is 2.15. The molecule has 0 radical (unpaired) electrons. The number of amides is 1. The second kappa shape index (κ2) is 7.56. The average molecular weight is 411 g/mol. The molecule has 0 atom stereocenters. The monoisotopic (exact) mass is 411 g/mol. The lowest BCUT2D eigenvalue weighted by molar-refractivity contribution is -0.385. The predicted octanol–water partition coefficient (Wildman–Crippen LogP) is 2.23. The van der Waals surface area contributed by atoms with E-state index in [-0.39, 0.29) is 24.3 Å². The molecule has 0 saturated carbocycles. The lowest BCUT2D eigenvalue weighted by atomic mass is 10.1. The van der Waals surface area contributed by atoms with Crippen molar-refractivity contribution >= 4 is 23.3 Å². The Morgan fingerprint density at radius 1 is 1.11 bits per heavy atom. The summed E-state index contributed by atoms with van der Waals surface area (Å²) in [5, 5.41) is 11.2. The van der Waals surface area contributed by atoms with E-state index >= 15 is 0 Å². The van der Waals surface area contributed by atoms with Gasteiger partial charge in [-0.15, -0.1) is 0 Å². The molecule has 13 heteroatoms. The van der Waals surface area contributed by atoms with Gasteiger partial charge in [0.1, 0.15) is 5.56 Å². The van der Waals surface area contributed by atoms with Crippen LogP contribution in [0.25, 0.3) is 0 Å². The van der Waals surface area contributed by atoms with Crippen LogP contribution in [0.4, 0.5) is 33.3 Å². The highest BCUT2D eigenvalue weighted by atomic mass is 19.4. The molecular weight excluding hydrogens is 397 g/mol. The van der Waals surface area contributed by atoms with Crippen molar-refractivity contribution in [3.63, 3.8) is 0 Å². The minimum Gasteiger partial charge on any atom is -0.465 e. The Morgan fingerprint density at radius 3 is 2.14 bits per heavy atom. The summed E-state index contributed by atoms with van der Waals surface area (Å²) >= 11 is 0. The molecule has 8 nitrogen and oxygen atoms in total. The van der Waals surface area contributed by atoms with E-state index in [1.54, 1.807) is 0 Å². The molecule has 0 aromatic heterocycles. The van der Waals surface area contributed by atoms with E-state index in [1.807, 2.05) is 0 Å². The predicted molar refractivity (Wildman–Crippen MR) is 84.2 cm³/mol. The maximum atomic E-state index is 13.2.